The van der Waals surface area contributed by atoms with Gasteiger partial charge in [-0.2, -0.15) is 0 Å². The molecule has 4 aromatic rings. The Balaban J connectivity index is 1.69. The van der Waals surface area contributed by atoms with Crippen LogP contribution in [0.3, 0.4) is 0 Å². The Morgan fingerprint density at radius 2 is 1.38 bits per heavy atom. The van der Waals surface area contributed by atoms with Gasteiger partial charge in [0.1, 0.15) is 23.0 Å². The van der Waals surface area contributed by atoms with Gasteiger partial charge in [-0.3, -0.25) is 0 Å². The van der Waals surface area contributed by atoms with Crippen molar-refractivity contribution in [3.8, 4) is 5.75 Å². The molecule has 0 aliphatic heterocycles. The quantitative estimate of drug-likeness (QED) is 0.569. The predicted octanol–water partition coefficient (Wildman–Crippen LogP) is 3.01. The predicted molar refractivity (Wildman–Crippen MR) is 95.4 cm³/mol. The van der Waals surface area contributed by atoms with E-state index in [0.717, 1.165) is 10.8 Å². The zero-order valence-electron chi connectivity index (χ0n) is 13.5. The second kappa shape index (κ2) is 6.50. The number of aliphatic hydroxyl groups is 1. The largest absolute Gasteiger partial charge is 0.483 e. The van der Waals surface area contributed by atoms with Gasteiger partial charge in [-0.1, -0.05) is 12.1 Å². The Labute approximate surface area is 146 Å². The summed E-state index contributed by atoms with van der Waals surface area (Å²) in [6, 6.07) is 16.4. The van der Waals surface area contributed by atoms with Gasteiger partial charge in [-0.05, 0) is 35.9 Å². The third kappa shape index (κ3) is 3.10. The lowest BCUT2D eigenvalue weighted by molar-refractivity contribution is 0.116. The van der Waals surface area contributed by atoms with Gasteiger partial charge < -0.3 is 18.7 Å². The highest BCUT2D eigenvalue weighted by Crippen LogP contribution is 2.27. The number of rotatable bonds is 4. The zero-order chi connectivity index (χ0) is 18.1. The Bertz CT molecular complexity index is 1200. The van der Waals surface area contributed by atoms with Crippen LogP contribution in [0.25, 0.3) is 21.9 Å². The lowest BCUT2D eigenvalue weighted by Crippen LogP contribution is -2.12. The fourth-order valence-electron chi connectivity index (χ4n) is 2.77. The van der Waals surface area contributed by atoms with Gasteiger partial charge in [-0.15, -0.1) is 0 Å². The lowest BCUT2D eigenvalue weighted by atomic mass is 10.1. The summed E-state index contributed by atoms with van der Waals surface area (Å²) in [7, 11) is 0. The highest BCUT2D eigenvalue weighted by atomic mass is 16.5. The summed E-state index contributed by atoms with van der Waals surface area (Å²) in [6.07, 6.45) is -0.669. The van der Waals surface area contributed by atoms with Gasteiger partial charge in [0.2, 0.25) is 0 Å². The van der Waals surface area contributed by atoms with Crippen LogP contribution in [0.15, 0.2) is 79.1 Å². The highest BCUT2D eigenvalue weighted by molar-refractivity contribution is 5.78. The molecule has 0 radical (unpaired) electrons. The number of fused-ring (bicyclic) bond motifs is 2. The van der Waals surface area contributed by atoms with E-state index < -0.39 is 17.4 Å². The summed E-state index contributed by atoms with van der Waals surface area (Å²) < 4.78 is 16.2. The molecule has 0 bridgehead atoms. The summed E-state index contributed by atoms with van der Waals surface area (Å²) in [5, 5.41) is 11.3. The van der Waals surface area contributed by atoms with Crippen LogP contribution in [-0.4, -0.2) is 11.7 Å². The minimum Gasteiger partial charge on any atom is -0.483 e. The number of aliphatic hydroxyl groups excluding tert-OH is 1. The molecule has 0 fully saturated rings. The maximum absolute atomic E-state index is 11.4. The molecular weight excluding hydrogens is 336 g/mol. The van der Waals surface area contributed by atoms with E-state index in [-0.39, 0.29) is 6.61 Å². The van der Waals surface area contributed by atoms with Crippen molar-refractivity contribution >= 4 is 21.9 Å². The van der Waals surface area contributed by atoms with Gasteiger partial charge in [-0.25, -0.2) is 9.59 Å². The summed E-state index contributed by atoms with van der Waals surface area (Å²) >= 11 is 0. The Kier molecular flexibility index (Phi) is 4.02. The van der Waals surface area contributed by atoms with Crippen molar-refractivity contribution in [1.29, 1.82) is 0 Å². The molecule has 0 saturated heterocycles. The third-order valence-electron chi connectivity index (χ3n) is 4.06. The molecule has 6 nitrogen and oxygen atoms in total. The fraction of sp³-hybridized carbons (Fsp3) is 0.100. The average molecular weight is 350 g/mol. The first-order valence-corrected chi connectivity index (χ1v) is 7.98. The molecule has 0 spiro atoms. The molecule has 1 N–H and O–H groups in total. The van der Waals surface area contributed by atoms with Crippen molar-refractivity contribution in [2.24, 2.45) is 0 Å². The van der Waals surface area contributed by atoms with Crippen molar-refractivity contribution in [2.75, 3.05) is 6.61 Å². The van der Waals surface area contributed by atoms with E-state index in [1.807, 2.05) is 0 Å². The Morgan fingerprint density at radius 3 is 2.04 bits per heavy atom. The van der Waals surface area contributed by atoms with Crippen LogP contribution in [0.5, 0.6) is 5.75 Å². The van der Waals surface area contributed by atoms with E-state index >= 15 is 0 Å². The molecule has 6 heteroatoms. The topological polar surface area (TPSA) is 89.9 Å². The van der Waals surface area contributed by atoms with Gasteiger partial charge >= 0.3 is 11.3 Å². The smallest absolute Gasteiger partial charge is 0.336 e. The van der Waals surface area contributed by atoms with E-state index in [2.05, 4.69) is 0 Å². The molecule has 0 saturated carbocycles. The molecule has 0 aliphatic carbocycles. The van der Waals surface area contributed by atoms with Crippen molar-refractivity contribution in [1.82, 2.24) is 0 Å². The van der Waals surface area contributed by atoms with E-state index in [1.165, 1.54) is 12.1 Å². The van der Waals surface area contributed by atoms with Crippen molar-refractivity contribution in [2.45, 2.75) is 6.10 Å². The second-order valence-corrected chi connectivity index (χ2v) is 5.79. The number of benzene rings is 2. The molecule has 1 unspecified atom stereocenters. The van der Waals surface area contributed by atoms with Crippen LogP contribution >= 0.6 is 0 Å². The summed E-state index contributed by atoms with van der Waals surface area (Å²) in [5.41, 5.74) is 0.584. The van der Waals surface area contributed by atoms with Crippen LogP contribution < -0.4 is 16.0 Å². The fourth-order valence-corrected chi connectivity index (χ4v) is 2.77. The van der Waals surface area contributed by atoms with Crippen molar-refractivity contribution in [3.05, 3.63) is 87.1 Å². The average Bonchev–Trinajstić information content (AvgIpc) is 2.65. The first kappa shape index (κ1) is 16.1. The van der Waals surface area contributed by atoms with Gasteiger partial charge in [0.15, 0.2) is 0 Å². The summed E-state index contributed by atoms with van der Waals surface area (Å²) in [6.45, 7) is -0.278. The van der Waals surface area contributed by atoms with Crippen LogP contribution in [0.2, 0.25) is 0 Å². The Hall–Kier alpha value is -3.38. The van der Waals surface area contributed by atoms with Gasteiger partial charge in [0.25, 0.3) is 0 Å². The zero-order valence-corrected chi connectivity index (χ0v) is 13.5. The molecule has 1 atom stereocenters. The normalized spacial score (nSPS) is 12.3. The lowest BCUT2D eigenvalue weighted by Gasteiger charge is -2.17. The third-order valence-corrected chi connectivity index (χ3v) is 4.06. The molecule has 2 heterocycles. The number of hydrogen-bond donors (Lipinski definition) is 1. The second-order valence-electron chi connectivity index (χ2n) is 5.79. The molecule has 26 heavy (non-hydrogen) atoms. The number of hydrogen-bond acceptors (Lipinski definition) is 6. The van der Waals surface area contributed by atoms with E-state index in [9.17, 15) is 14.7 Å². The SMILES string of the molecule is O=c1ccc2ccc(OC(CO)c3ccc4ccc(=O)oc4c3)cc2o1. The van der Waals surface area contributed by atoms with E-state index in [4.69, 9.17) is 13.6 Å². The van der Waals surface area contributed by atoms with Crippen molar-refractivity contribution in [3.63, 3.8) is 0 Å². The summed E-state index contributed by atoms with van der Waals surface area (Å²) in [4.78, 5) is 22.8. The van der Waals surface area contributed by atoms with Crippen LogP contribution in [0.1, 0.15) is 11.7 Å². The van der Waals surface area contributed by atoms with Crippen LogP contribution in [0, 0.1) is 0 Å². The Morgan fingerprint density at radius 1 is 0.808 bits per heavy atom. The minimum absolute atomic E-state index is 0.278. The molecule has 2 aromatic carbocycles. The monoisotopic (exact) mass is 350 g/mol. The molecule has 0 amide bonds. The van der Waals surface area contributed by atoms with Crippen molar-refractivity contribution < 1.29 is 18.7 Å². The maximum atomic E-state index is 11.4. The van der Waals surface area contributed by atoms with E-state index in [0.29, 0.717) is 22.5 Å². The molecule has 130 valence electrons. The minimum atomic E-state index is -0.669. The van der Waals surface area contributed by atoms with Crippen LogP contribution in [-0.2, 0) is 0 Å². The highest BCUT2D eigenvalue weighted by Gasteiger charge is 2.14. The summed E-state index contributed by atoms with van der Waals surface area (Å²) in [5.74, 6) is 0.445. The van der Waals surface area contributed by atoms with E-state index in [1.54, 1.807) is 48.5 Å². The molecule has 0 aliphatic rings. The molecule has 2 aromatic heterocycles. The van der Waals surface area contributed by atoms with Gasteiger partial charge in [0.05, 0.1) is 6.61 Å². The maximum Gasteiger partial charge on any atom is 0.336 e. The first-order valence-electron chi connectivity index (χ1n) is 7.98. The van der Waals surface area contributed by atoms with Crippen LogP contribution in [0.4, 0.5) is 0 Å². The van der Waals surface area contributed by atoms with Gasteiger partial charge in [0, 0.05) is 29.0 Å². The first-order chi connectivity index (χ1) is 12.6. The molecule has 4 rings (SSSR count). The molecular formula is C20H14O6. The standard InChI is InChI=1S/C20H14O6/c21-11-18(14-2-1-12-4-7-19(22)25-16(12)9-14)24-15-6-3-13-5-8-20(23)26-17(13)10-15/h1-10,18,21H,11H2. The number of ether oxygens (including phenoxy) is 1.